The summed E-state index contributed by atoms with van der Waals surface area (Å²) in [5.41, 5.74) is 0.504. The minimum absolute atomic E-state index is 0.0770. The van der Waals surface area contributed by atoms with Crippen LogP contribution in [0.15, 0.2) is 12.3 Å². The topological polar surface area (TPSA) is 60.9 Å². The van der Waals surface area contributed by atoms with E-state index in [1.54, 1.807) is 19.2 Å². The number of ether oxygens (including phenoxy) is 1. The van der Waals surface area contributed by atoms with Gasteiger partial charge in [-0.05, 0) is 40.2 Å². The monoisotopic (exact) mass is 489 g/mol. The predicted octanol–water partition coefficient (Wildman–Crippen LogP) is 3.07. The zero-order valence-electron chi connectivity index (χ0n) is 22.6. The Morgan fingerprint density at radius 1 is 1.29 bits per heavy atom. The number of halogens is 1. The van der Waals surface area contributed by atoms with Crippen molar-refractivity contribution in [2.24, 2.45) is 0 Å². The predicted molar refractivity (Wildman–Crippen MR) is 138 cm³/mol. The average molecular weight is 490 g/mol. The minimum Gasteiger partial charge on any atom is -0.378 e. The summed E-state index contributed by atoms with van der Waals surface area (Å²) in [5, 5.41) is 3.61. The maximum atomic E-state index is 15.1. The van der Waals surface area contributed by atoms with Gasteiger partial charge in [0.15, 0.2) is 0 Å². The molecule has 3 aliphatic heterocycles. The Kier molecular flexibility index (Phi) is 7.59. The fraction of sp³-hybridized carbons (Fsp3) is 0.778. The standard InChI is InChI=1S/C27H44FN5O2/c1-8-27(7,28)24-9-23-22(11-30-24)26(5,6)17-33(23)25(34)14-31-12-18(2)29-10-21(31)13-32-19(3)15-35-16-20(32)4/h9,11,18-21,29H,8,10,12-17H2,1-7H3/t18-,19-,20-,21-,27?/m1/s1. The fourth-order valence-electron chi connectivity index (χ4n) is 5.75. The normalized spacial score (nSPS) is 31.3. The molecule has 0 aliphatic carbocycles. The van der Waals surface area contributed by atoms with Gasteiger partial charge in [0.05, 0.1) is 31.1 Å². The molecule has 8 heteroatoms. The number of alkyl halides is 1. The van der Waals surface area contributed by atoms with Crippen LogP contribution in [-0.4, -0.2) is 90.8 Å². The third-order valence-corrected chi connectivity index (χ3v) is 8.29. The van der Waals surface area contributed by atoms with E-state index in [2.05, 4.69) is 54.7 Å². The van der Waals surface area contributed by atoms with Crippen molar-refractivity contribution >= 4 is 11.6 Å². The third kappa shape index (κ3) is 5.41. The van der Waals surface area contributed by atoms with Gasteiger partial charge >= 0.3 is 0 Å². The zero-order chi connectivity index (χ0) is 25.5. The lowest BCUT2D eigenvalue weighted by Crippen LogP contribution is -2.63. The van der Waals surface area contributed by atoms with Crippen LogP contribution in [0.4, 0.5) is 10.1 Å². The Hall–Kier alpha value is -1.61. The lowest BCUT2D eigenvalue weighted by molar-refractivity contribution is -0.121. The van der Waals surface area contributed by atoms with Crippen LogP contribution in [0.1, 0.15) is 66.1 Å². The third-order valence-electron chi connectivity index (χ3n) is 8.29. The Labute approximate surface area is 210 Å². The second kappa shape index (κ2) is 10.0. The van der Waals surface area contributed by atoms with Crippen molar-refractivity contribution in [1.29, 1.82) is 0 Å². The molecule has 35 heavy (non-hydrogen) atoms. The van der Waals surface area contributed by atoms with Crippen molar-refractivity contribution in [3.05, 3.63) is 23.5 Å². The number of carbonyl (C=O) groups excluding carboxylic acids is 1. The van der Waals surface area contributed by atoms with Crippen LogP contribution < -0.4 is 10.2 Å². The van der Waals surface area contributed by atoms with Crippen molar-refractivity contribution < 1.29 is 13.9 Å². The number of nitrogens with zero attached hydrogens (tertiary/aromatic N) is 4. The molecule has 1 amide bonds. The molecule has 2 fully saturated rings. The summed E-state index contributed by atoms with van der Waals surface area (Å²) in [7, 11) is 0. The second-order valence-electron chi connectivity index (χ2n) is 11.8. The Bertz CT molecular complexity index is 913. The molecule has 196 valence electrons. The molecule has 1 aromatic heterocycles. The summed E-state index contributed by atoms with van der Waals surface area (Å²) in [6.45, 7) is 19.3. The van der Waals surface area contributed by atoms with Gasteiger partial charge in [-0.3, -0.25) is 19.6 Å². The van der Waals surface area contributed by atoms with E-state index < -0.39 is 5.67 Å². The van der Waals surface area contributed by atoms with E-state index in [0.717, 1.165) is 44.1 Å². The molecular formula is C27H44FN5O2. The molecule has 2 saturated heterocycles. The van der Waals surface area contributed by atoms with Crippen LogP contribution in [0.5, 0.6) is 0 Å². The molecule has 0 spiro atoms. The minimum atomic E-state index is -1.51. The van der Waals surface area contributed by atoms with Crippen molar-refractivity contribution in [3.63, 3.8) is 0 Å². The van der Waals surface area contributed by atoms with E-state index in [4.69, 9.17) is 4.74 Å². The molecule has 1 N–H and O–H groups in total. The van der Waals surface area contributed by atoms with Gasteiger partial charge in [-0.1, -0.05) is 20.8 Å². The first-order valence-corrected chi connectivity index (χ1v) is 13.2. The number of rotatable bonds is 6. The summed E-state index contributed by atoms with van der Waals surface area (Å²) in [5.74, 6) is 0.0770. The highest BCUT2D eigenvalue weighted by Crippen LogP contribution is 2.42. The van der Waals surface area contributed by atoms with E-state index in [9.17, 15) is 4.79 Å². The first-order valence-electron chi connectivity index (χ1n) is 13.2. The SMILES string of the molecule is CCC(C)(F)c1cc2c(cn1)C(C)(C)CN2C(=O)CN1C[C@@H](C)NC[C@@H]1CN1[C@H](C)COC[C@H]1C. The molecule has 4 heterocycles. The number of carbonyl (C=O) groups is 1. The molecule has 1 aromatic rings. The summed E-state index contributed by atoms with van der Waals surface area (Å²) in [6.07, 6.45) is 2.12. The van der Waals surface area contributed by atoms with E-state index in [1.165, 1.54) is 0 Å². The number of hydrogen-bond donors (Lipinski definition) is 1. The van der Waals surface area contributed by atoms with E-state index in [0.29, 0.717) is 43.3 Å². The molecule has 0 saturated carbocycles. The molecule has 5 atom stereocenters. The fourth-order valence-corrected chi connectivity index (χ4v) is 5.75. The summed E-state index contributed by atoms with van der Waals surface area (Å²) < 4.78 is 20.8. The highest BCUT2D eigenvalue weighted by molar-refractivity contribution is 5.97. The second-order valence-corrected chi connectivity index (χ2v) is 11.8. The van der Waals surface area contributed by atoms with E-state index >= 15 is 4.39 Å². The number of aromatic nitrogens is 1. The Balaban J connectivity index is 1.54. The van der Waals surface area contributed by atoms with Gasteiger partial charge in [0.1, 0.15) is 5.67 Å². The summed E-state index contributed by atoms with van der Waals surface area (Å²) >= 11 is 0. The maximum absolute atomic E-state index is 15.1. The van der Waals surface area contributed by atoms with E-state index in [-0.39, 0.29) is 17.4 Å². The first-order chi connectivity index (χ1) is 16.4. The Morgan fingerprint density at radius 3 is 2.63 bits per heavy atom. The quantitative estimate of drug-likeness (QED) is 0.663. The summed E-state index contributed by atoms with van der Waals surface area (Å²) in [6, 6.07) is 3.10. The molecule has 0 radical (unpaired) electrons. The van der Waals surface area contributed by atoms with Crippen molar-refractivity contribution in [3.8, 4) is 0 Å². The molecule has 0 bridgehead atoms. The van der Waals surface area contributed by atoms with Gasteiger partial charge in [-0.2, -0.15) is 0 Å². The van der Waals surface area contributed by atoms with Gasteiger partial charge in [0.25, 0.3) is 0 Å². The summed E-state index contributed by atoms with van der Waals surface area (Å²) in [4.78, 5) is 25.0. The lowest BCUT2D eigenvalue weighted by atomic mass is 9.87. The van der Waals surface area contributed by atoms with Crippen LogP contribution >= 0.6 is 0 Å². The van der Waals surface area contributed by atoms with Crippen LogP contribution in [0.25, 0.3) is 0 Å². The molecule has 0 aromatic carbocycles. The number of anilines is 1. The van der Waals surface area contributed by atoms with Crippen molar-refractivity contribution in [2.75, 3.05) is 50.8 Å². The maximum Gasteiger partial charge on any atom is 0.241 e. The molecule has 1 unspecified atom stereocenters. The number of pyridine rings is 1. The number of nitrogens with one attached hydrogen (secondary N) is 1. The number of amides is 1. The number of morpholine rings is 1. The smallest absolute Gasteiger partial charge is 0.241 e. The van der Waals surface area contributed by atoms with E-state index in [1.807, 2.05) is 11.8 Å². The van der Waals surface area contributed by atoms with Gasteiger partial charge in [0.2, 0.25) is 5.91 Å². The van der Waals surface area contributed by atoms with Crippen LogP contribution in [0.3, 0.4) is 0 Å². The van der Waals surface area contributed by atoms with Crippen molar-refractivity contribution in [1.82, 2.24) is 20.1 Å². The van der Waals surface area contributed by atoms with Crippen LogP contribution in [-0.2, 0) is 20.6 Å². The highest BCUT2D eigenvalue weighted by Gasteiger charge is 2.41. The van der Waals surface area contributed by atoms with Gasteiger partial charge in [-0.25, -0.2) is 4.39 Å². The Morgan fingerprint density at radius 2 is 1.97 bits per heavy atom. The van der Waals surface area contributed by atoms with Crippen LogP contribution in [0.2, 0.25) is 0 Å². The van der Waals surface area contributed by atoms with Gasteiger partial charge < -0.3 is 15.0 Å². The zero-order valence-corrected chi connectivity index (χ0v) is 22.6. The first kappa shape index (κ1) is 26.5. The number of piperazine rings is 1. The number of hydrogen-bond acceptors (Lipinski definition) is 6. The van der Waals surface area contributed by atoms with Gasteiger partial charge in [-0.15, -0.1) is 0 Å². The van der Waals surface area contributed by atoms with Gasteiger partial charge in [0, 0.05) is 67.5 Å². The molecule has 3 aliphatic rings. The average Bonchev–Trinajstić information content (AvgIpc) is 3.08. The molecule has 4 rings (SSSR count). The lowest BCUT2D eigenvalue weighted by Gasteiger charge is -2.46. The number of fused-ring (bicyclic) bond motifs is 1. The van der Waals surface area contributed by atoms with Crippen molar-refractivity contribution in [2.45, 2.75) is 90.1 Å². The molecule has 7 nitrogen and oxygen atoms in total. The van der Waals surface area contributed by atoms with Crippen LogP contribution in [0, 0.1) is 0 Å². The largest absolute Gasteiger partial charge is 0.378 e. The molecular weight excluding hydrogens is 445 g/mol. The highest BCUT2D eigenvalue weighted by atomic mass is 19.1.